The quantitative estimate of drug-likeness (QED) is 0.357. The van der Waals surface area contributed by atoms with Gasteiger partial charge in [0.05, 0.1) is 11.2 Å². The van der Waals surface area contributed by atoms with Crippen LogP contribution in [0.2, 0.25) is 12.6 Å². The Balaban J connectivity index is 1.95. The van der Waals surface area contributed by atoms with E-state index in [0.717, 1.165) is 24.4 Å². The van der Waals surface area contributed by atoms with Crippen molar-refractivity contribution in [3.63, 3.8) is 0 Å². The third-order valence-corrected chi connectivity index (χ3v) is 12.0. The van der Waals surface area contributed by atoms with Crippen LogP contribution in [0.25, 0.3) is 0 Å². The summed E-state index contributed by atoms with van der Waals surface area (Å²) in [6.07, 6.45) is 1.95. The highest BCUT2D eigenvalue weighted by atomic mass is 35.5. The van der Waals surface area contributed by atoms with Crippen LogP contribution in [0, 0.1) is 5.92 Å². The number of rotatable bonds is 9. The van der Waals surface area contributed by atoms with Gasteiger partial charge in [-0.3, -0.25) is 0 Å². The summed E-state index contributed by atoms with van der Waals surface area (Å²) in [6.45, 7) is 15.4. The van der Waals surface area contributed by atoms with E-state index in [0.29, 0.717) is 5.88 Å². The third kappa shape index (κ3) is 5.19. The van der Waals surface area contributed by atoms with Gasteiger partial charge in [0.2, 0.25) is 0 Å². The highest BCUT2D eigenvalue weighted by molar-refractivity contribution is 7.01. The maximum atomic E-state index is 6.37. The van der Waals surface area contributed by atoms with Crippen LogP contribution < -0.4 is 10.4 Å². The fourth-order valence-electron chi connectivity index (χ4n) is 4.44. The Morgan fingerprint density at radius 1 is 0.935 bits per heavy atom. The van der Waals surface area contributed by atoms with Gasteiger partial charge in [0.15, 0.2) is 0 Å². The molecule has 0 saturated carbocycles. The molecular formula is C26H36BClO2Si. The zero-order valence-electron chi connectivity index (χ0n) is 19.7. The molecule has 0 aliphatic carbocycles. The van der Waals surface area contributed by atoms with Crippen molar-refractivity contribution in [2.24, 2.45) is 5.92 Å². The molecule has 0 bridgehead atoms. The number of halogens is 1. The summed E-state index contributed by atoms with van der Waals surface area (Å²) in [4.78, 5) is 0. The normalized spacial score (nSPS) is 18.7. The molecule has 3 rings (SSSR count). The second-order valence-corrected chi connectivity index (χ2v) is 14.6. The highest BCUT2D eigenvalue weighted by Gasteiger charge is 2.53. The average molecular weight is 455 g/mol. The van der Waals surface area contributed by atoms with Crippen LogP contribution in [0.3, 0.4) is 0 Å². The van der Waals surface area contributed by atoms with Gasteiger partial charge < -0.3 is 9.31 Å². The topological polar surface area (TPSA) is 18.5 Å². The lowest BCUT2D eigenvalue weighted by Gasteiger charge is -2.34. The molecule has 2 aromatic rings. The van der Waals surface area contributed by atoms with Gasteiger partial charge in [-0.25, -0.2) is 0 Å². The molecule has 5 heteroatoms. The van der Waals surface area contributed by atoms with Gasteiger partial charge in [-0.1, -0.05) is 77.6 Å². The molecule has 31 heavy (non-hydrogen) atoms. The van der Waals surface area contributed by atoms with Gasteiger partial charge in [0.1, 0.15) is 8.07 Å². The summed E-state index contributed by atoms with van der Waals surface area (Å²) in [5.41, 5.74) is 0.323. The van der Waals surface area contributed by atoms with E-state index >= 15 is 0 Å². The average Bonchev–Trinajstić information content (AvgIpc) is 2.98. The molecular weight excluding hydrogens is 419 g/mol. The van der Waals surface area contributed by atoms with Crippen molar-refractivity contribution in [2.45, 2.75) is 64.3 Å². The Labute approximate surface area is 195 Å². The molecule has 0 unspecified atom stereocenters. The Morgan fingerprint density at radius 3 is 1.81 bits per heavy atom. The molecule has 1 atom stereocenters. The Hall–Kier alpha value is -1.33. The molecule has 0 radical (unpaired) electrons. The summed E-state index contributed by atoms with van der Waals surface area (Å²) >= 11 is 6.12. The molecule has 0 N–H and O–H groups in total. The van der Waals surface area contributed by atoms with Crippen LogP contribution in [0.4, 0.5) is 0 Å². The number of hydrogen-bond donors (Lipinski definition) is 0. The molecule has 1 saturated heterocycles. The summed E-state index contributed by atoms with van der Waals surface area (Å²) in [6, 6.07) is 23.0. The highest BCUT2D eigenvalue weighted by Crippen LogP contribution is 2.41. The van der Waals surface area contributed by atoms with Gasteiger partial charge >= 0.3 is 7.12 Å². The first-order valence-corrected chi connectivity index (χ1v) is 14.6. The van der Waals surface area contributed by atoms with Crippen molar-refractivity contribution < 1.29 is 9.31 Å². The molecule has 1 heterocycles. The van der Waals surface area contributed by atoms with E-state index in [4.69, 9.17) is 20.9 Å². The molecule has 1 fully saturated rings. The largest absolute Gasteiger partial charge is 0.490 e. The minimum atomic E-state index is -2.01. The van der Waals surface area contributed by atoms with Crippen LogP contribution in [0.15, 0.2) is 72.7 Å². The van der Waals surface area contributed by atoms with E-state index in [9.17, 15) is 0 Å². The molecule has 0 spiro atoms. The Morgan fingerprint density at radius 2 is 1.39 bits per heavy atom. The molecule has 2 nitrogen and oxygen atoms in total. The lowest BCUT2D eigenvalue weighted by molar-refractivity contribution is 0.00578. The maximum Gasteiger partial charge on any atom is 0.490 e. The zero-order chi connectivity index (χ0) is 22.7. The van der Waals surface area contributed by atoms with Crippen LogP contribution >= 0.6 is 11.6 Å². The maximum absolute atomic E-state index is 6.37. The predicted octanol–water partition coefficient (Wildman–Crippen LogP) is 5.70. The van der Waals surface area contributed by atoms with Crippen LogP contribution in [-0.4, -0.2) is 32.3 Å². The summed E-state index contributed by atoms with van der Waals surface area (Å²) in [5.74, 6) is 0.938. The van der Waals surface area contributed by atoms with Gasteiger partial charge in [-0.2, -0.15) is 0 Å². The third-order valence-electron chi connectivity index (χ3n) is 7.24. The van der Waals surface area contributed by atoms with Crippen LogP contribution in [-0.2, 0) is 9.31 Å². The first-order valence-electron chi connectivity index (χ1n) is 11.3. The summed E-state index contributed by atoms with van der Waals surface area (Å²) in [5, 5.41) is 2.89. The van der Waals surface area contributed by atoms with E-state index in [1.165, 1.54) is 10.4 Å². The lowest BCUT2D eigenvalue weighted by atomic mass is 9.71. The molecule has 2 aromatic carbocycles. The lowest BCUT2D eigenvalue weighted by Crippen LogP contribution is -2.57. The Bertz CT molecular complexity index is 814. The smallest absolute Gasteiger partial charge is 0.400 e. The van der Waals surface area contributed by atoms with Crippen molar-refractivity contribution in [1.29, 1.82) is 0 Å². The van der Waals surface area contributed by atoms with Gasteiger partial charge in [-0.15, -0.1) is 18.2 Å². The second-order valence-electron chi connectivity index (χ2n) is 9.96. The summed E-state index contributed by atoms with van der Waals surface area (Å²) in [7, 11) is -2.39. The predicted molar refractivity (Wildman–Crippen MR) is 137 cm³/mol. The fraction of sp³-hybridized carbons (Fsp3) is 0.462. The molecule has 1 aliphatic heterocycles. The number of hydrogen-bond acceptors (Lipinski definition) is 2. The molecule has 166 valence electrons. The first kappa shape index (κ1) is 24.3. The minimum absolute atomic E-state index is 0.283. The first-order chi connectivity index (χ1) is 14.6. The zero-order valence-corrected chi connectivity index (χ0v) is 21.4. The van der Waals surface area contributed by atoms with E-state index in [2.05, 4.69) is 101 Å². The fourth-order valence-corrected chi connectivity index (χ4v) is 8.70. The number of alkyl halides is 1. The van der Waals surface area contributed by atoms with E-state index < -0.39 is 8.07 Å². The van der Waals surface area contributed by atoms with Gasteiger partial charge in [0.25, 0.3) is 0 Å². The molecule has 0 aromatic heterocycles. The standard InChI is InChI=1S/C26H36BClO2Si/c1-21(27-29-25(2,3)26(4,5)30-27)22(14-13-19-28)20-31(6,23-15-9-7-10-16-23)24-17-11-8-12-18-24/h7-12,15-18,22H,1,13-14,19-20H2,2-6H3/t22-/m1/s1. The SMILES string of the molecule is C=C(B1OC(C)(C)C(C)(C)O1)[C@H](CCCCl)C[Si](C)(c1ccccc1)c1ccccc1. The van der Waals surface area contributed by atoms with Crippen molar-refractivity contribution >= 4 is 37.2 Å². The summed E-state index contributed by atoms with van der Waals surface area (Å²) < 4.78 is 12.7. The van der Waals surface area contributed by atoms with Crippen molar-refractivity contribution in [3.8, 4) is 0 Å². The molecule has 1 aliphatic rings. The monoisotopic (exact) mass is 454 g/mol. The Kier molecular flexibility index (Phi) is 7.58. The molecule has 0 amide bonds. The van der Waals surface area contributed by atoms with Crippen LogP contribution in [0.1, 0.15) is 40.5 Å². The van der Waals surface area contributed by atoms with Crippen molar-refractivity contribution in [3.05, 3.63) is 72.7 Å². The van der Waals surface area contributed by atoms with E-state index in [1.54, 1.807) is 0 Å². The number of allylic oxidation sites excluding steroid dienone is 1. The van der Waals surface area contributed by atoms with Crippen molar-refractivity contribution in [2.75, 3.05) is 5.88 Å². The van der Waals surface area contributed by atoms with Crippen molar-refractivity contribution in [1.82, 2.24) is 0 Å². The minimum Gasteiger partial charge on any atom is -0.400 e. The number of benzene rings is 2. The van der Waals surface area contributed by atoms with Gasteiger partial charge in [0, 0.05) is 5.88 Å². The van der Waals surface area contributed by atoms with E-state index in [1.807, 2.05) is 0 Å². The van der Waals surface area contributed by atoms with Gasteiger partial charge in [-0.05, 0) is 58.0 Å². The van der Waals surface area contributed by atoms with Crippen LogP contribution in [0.5, 0.6) is 0 Å². The van der Waals surface area contributed by atoms with E-state index in [-0.39, 0.29) is 24.2 Å². The second kappa shape index (κ2) is 9.66.